The van der Waals surface area contributed by atoms with Crippen LogP contribution in [0.4, 0.5) is 0 Å². The lowest BCUT2D eigenvalue weighted by Crippen LogP contribution is -2.39. The number of ether oxygens (including phenoxy) is 1. The van der Waals surface area contributed by atoms with Crippen LogP contribution in [-0.2, 0) is 27.3 Å². The van der Waals surface area contributed by atoms with Gasteiger partial charge in [0.15, 0.2) is 6.23 Å². The number of nitrogens with one attached hydrogen (secondary N) is 2. The van der Waals surface area contributed by atoms with E-state index in [9.17, 15) is 43.3 Å². The number of aliphatic hydroxyl groups is 2. The summed E-state index contributed by atoms with van der Waals surface area (Å²) in [5.74, 6) is 0. The monoisotopic (exact) mass is 483 g/mol. The van der Waals surface area contributed by atoms with Crippen LogP contribution in [0.15, 0.2) is 21.9 Å². The van der Waals surface area contributed by atoms with Gasteiger partial charge in [-0.25, -0.2) is 18.5 Å². The quantitative estimate of drug-likeness (QED) is 0.172. The Balaban J connectivity index is 2.23. The Morgan fingerprint density at radius 2 is 1.79 bits per heavy atom. The molecule has 29 heavy (non-hydrogen) atoms. The lowest BCUT2D eigenvalue weighted by molar-refractivity contribution is -0.0546. The highest BCUT2D eigenvalue weighted by molar-refractivity contribution is 7.70. The fraction of sp³-hybridized carbons (Fsp3) is 0.556. The molecule has 1 saturated heterocycles. The Labute approximate surface area is 159 Å². The molecule has 1 fully saturated rings. The summed E-state index contributed by atoms with van der Waals surface area (Å²) in [6.45, 7) is -0.911. The van der Waals surface area contributed by atoms with Gasteiger partial charge in [0.25, 0.3) is 5.56 Å². The molecule has 0 amide bonds. The minimum atomic E-state index is -5.56. The number of nitrogens with zero attached hydrogens (tertiary/aromatic N) is 1. The highest BCUT2D eigenvalue weighted by Gasteiger charge is 2.50. The summed E-state index contributed by atoms with van der Waals surface area (Å²) in [5.41, 5.74) is -1.79. The van der Waals surface area contributed by atoms with E-state index < -0.39 is 65.7 Å². The van der Waals surface area contributed by atoms with Gasteiger partial charge in [0.2, 0.25) is 0 Å². The molecule has 1 aromatic heterocycles. The Kier molecular flexibility index (Phi) is 7.20. The molecule has 8 N–H and O–H groups in total. The normalized spacial score (nSPS) is 29.3. The molecule has 0 aliphatic carbocycles. The van der Waals surface area contributed by atoms with Gasteiger partial charge in [-0.3, -0.25) is 18.9 Å². The maximum Gasteiger partial charge on any atom is 0.477 e. The van der Waals surface area contributed by atoms with E-state index in [-0.39, 0.29) is 0 Å². The van der Waals surface area contributed by atoms with Crippen molar-refractivity contribution in [1.82, 2.24) is 14.4 Å². The van der Waals surface area contributed by atoms with Gasteiger partial charge in [-0.2, -0.15) is 4.31 Å². The molecule has 2 rings (SSSR count). The largest absolute Gasteiger partial charge is 0.477 e. The molecule has 166 valence electrons. The number of rotatable bonds is 8. The predicted octanol–water partition coefficient (Wildman–Crippen LogP) is -2.93. The van der Waals surface area contributed by atoms with E-state index in [0.29, 0.717) is 4.57 Å². The van der Waals surface area contributed by atoms with Crippen LogP contribution in [0.2, 0.25) is 0 Å². The molecule has 0 saturated carbocycles. The van der Waals surface area contributed by atoms with E-state index in [2.05, 4.69) is 8.83 Å². The smallest absolute Gasteiger partial charge is 0.394 e. The first kappa shape index (κ1) is 24.2. The predicted molar refractivity (Wildman–Crippen MR) is 89.1 cm³/mol. The highest BCUT2D eigenvalue weighted by atomic mass is 31.3. The van der Waals surface area contributed by atoms with Gasteiger partial charge in [0, 0.05) is 12.3 Å². The summed E-state index contributed by atoms with van der Waals surface area (Å²) in [4.78, 5) is 61.7. The number of aliphatic hydroxyl groups excluding tert-OH is 2. The minimum Gasteiger partial charge on any atom is -0.394 e. The van der Waals surface area contributed by atoms with Gasteiger partial charge in [-0.15, -0.1) is 4.86 Å². The van der Waals surface area contributed by atoms with Gasteiger partial charge in [-0.05, 0) is 0 Å². The SMILES string of the molecule is O=c1ccn([C@@H]2O[C@H](CO)[C@@H](OP(=O)(O)NP(=O)(O)OP(=O)(O)O)[C@H]2O)c(=O)[nH]1. The molecular formula is C9H16N3O14P3. The molecule has 6 atom stereocenters. The van der Waals surface area contributed by atoms with Crippen molar-refractivity contribution >= 4 is 23.3 Å². The summed E-state index contributed by atoms with van der Waals surface area (Å²) in [6.07, 6.45) is -6.00. The lowest BCUT2D eigenvalue weighted by atomic mass is 10.1. The zero-order valence-electron chi connectivity index (χ0n) is 13.9. The lowest BCUT2D eigenvalue weighted by Gasteiger charge is -2.24. The second-order valence-corrected chi connectivity index (χ2v) is 10.3. The van der Waals surface area contributed by atoms with E-state index in [1.807, 2.05) is 4.98 Å². The fourth-order valence-electron chi connectivity index (χ4n) is 2.36. The molecule has 0 radical (unpaired) electrons. The molecule has 20 heteroatoms. The van der Waals surface area contributed by atoms with Crippen molar-refractivity contribution in [1.29, 1.82) is 0 Å². The van der Waals surface area contributed by atoms with Crippen LogP contribution in [-0.4, -0.2) is 64.3 Å². The first-order chi connectivity index (χ1) is 13.1. The first-order valence-electron chi connectivity index (χ1n) is 7.30. The van der Waals surface area contributed by atoms with Gasteiger partial charge >= 0.3 is 29.0 Å². The van der Waals surface area contributed by atoms with E-state index >= 15 is 0 Å². The number of phosphoric acid groups is 1. The number of H-pyrrole nitrogens is 1. The molecule has 1 aliphatic rings. The van der Waals surface area contributed by atoms with Gasteiger partial charge in [-0.1, -0.05) is 0 Å². The third-order valence-corrected chi connectivity index (χ3v) is 7.64. The van der Waals surface area contributed by atoms with E-state index in [1.165, 1.54) is 0 Å². The van der Waals surface area contributed by atoms with Crippen LogP contribution in [0, 0.1) is 0 Å². The molecule has 1 aromatic rings. The second kappa shape index (κ2) is 8.61. The maximum absolute atomic E-state index is 12.0. The zero-order chi connectivity index (χ0) is 22.2. The Bertz CT molecular complexity index is 1000. The zero-order valence-corrected chi connectivity index (χ0v) is 16.6. The fourth-order valence-corrected chi connectivity index (χ4v) is 6.05. The van der Waals surface area contributed by atoms with E-state index in [4.69, 9.17) is 14.5 Å². The Morgan fingerprint density at radius 3 is 2.31 bits per heavy atom. The first-order valence-corrected chi connectivity index (χ1v) is 12.0. The molecule has 0 spiro atoms. The van der Waals surface area contributed by atoms with Crippen molar-refractivity contribution in [3.05, 3.63) is 33.1 Å². The molecule has 0 aromatic carbocycles. The van der Waals surface area contributed by atoms with Crippen molar-refractivity contribution < 1.29 is 57.1 Å². The third-order valence-electron chi connectivity index (χ3n) is 3.35. The van der Waals surface area contributed by atoms with Crippen molar-refractivity contribution in [3.8, 4) is 0 Å². The maximum atomic E-state index is 12.0. The van der Waals surface area contributed by atoms with Crippen molar-refractivity contribution in [2.75, 3.05) is 6.61 Å². The Morgan fingerprint density at radius 1 is 1.17 bits per heavy atom. The number of aromatic amines is 1. The van der Waals surface area contributed by atoms with Crippen LogP contribution in [0.3, 0.4) is 0 Å². The number of aromatic nitrogens is 2. The van der Waals surface area contributed by atoms with Crippen molar-refractivity contribution in [2.45, 2.75) is 24.5 Å². The summed E-state index contributed by atoms with van der Waals surface area (Å²) in [5, 5.41) is 19.6. The summed E-state index contributed by atoms with van der Waals surface area (Å²) in [6, 6.07) is 0.902. The average Bonchev–Trinajstić information content (AvgIpc) is 2.79. The van der Waals surface area contributed by atoms with E-state index in [0.717, 1.165) is 17.1 Å². The highest BCUT2D eigenvalue weighted by Crippen LogP contribution is 2.60. The second-order valence-electron chi connectivity index (χ2n) is 5.54. The molecule has 2 unspecified atom stereocenters. The van der Waals surface area contributed by atoms with Crippen LogP contribution < -0.4 is 16.1 Å². The van der Waals surface area contributed by atoms with Crippen LogP contribution >= 0.6 is 23.3 Å². The van der Waals surface area contributed by atoms with Gasteiger partial charge in [0.05, 0.1) is 6.61 Å². The number of hydrogen-bond donors (Lipinski definition) is 8. The van der Waals surface area contributed by atoms with Crippen molar-refractivity contribution in [3.63, 3.8) is 0 Å². The molecule has 2 heterocycles. The molecular weight excluding hydrogens is 467 g/mol. The minimum absolute atomic E-state index is 0.682. The molecule has 17 nitrogen and oxygen atoms in total. The van der Waals surface area contributed by atoms with Crippen molar-refractivity contribution in [2.24, 2.45) is 0 Å². The third kappa shape index (κ3) is 6.47. The van der Waals surface area contributed by atoms with Crippen LogP contribution in [0.5, 0.6) is 0 Å². The molecule has 1 aliphatic heterocycles. The number of hydrogen-bond acceptors (Lipinski definition) is 10. The van der Waals surface area contributed by atoms with E-state index in [1.54, 1.807) is 0 Å². The Hall–Kier alpha value is -1.03. The standard InChI is InChI=1S/C9H16N3O14P3/c13-3-4-7(25-27(17,18)11-28(19,20)26-29(21,22)23)6(15)8(24-4)12-2-1-5(14)10-9(12)16/h1-2,4,6-8,13,15H,3H2,(H,10,14,16)(H2,21,22,23)(H3,11,17,18,19,20)/t4-,6-,7-,8-/m1/s1. The summed E-state index contributed by atoms with van der Waals surface area (Å²) in [7, 11) is -16.5. The topological polar surface area (TPSA) is 267 Å². The van der Waals surface area contributed by atoms with Crippen LogP contribution in [0.25, 0.3) is 0 Å². The van der Waals surface area contributed by atoms with Crippen LogP contribution in [0.1, 0.15) is 6.23 Å². The summed E-state index contributed by atoms with van der Waals surface area (Å²) < 4.78 is 48.1. The molecule has 0 bridgehead atoms. The summed E-state index contributed by atoms with van der Waals surface area (Å²) >= 11 is 0. The average molecular weight is 483 g/mol. The van der Waals surface area contributed by atoms with Gasteiger partial charge in [0.1, 0.15) is 18.3 Å². The van der Waals surface area contributed by atoms with Gasteiger partial charge < -0.3 is 34.5 Å².